The van der Waals surface area contributed by atoms with Gasteiger partial charge in [0.25, 0.3) is 0 Å². The minimum atomic E-state index is -1.25. The van der Waals surface area contributed by atoms with Crippen LogP contribution in [0.25, 0.3) is 0 Å². The van der Waals surface area contributed by atoms with Crippen molar-refractivity contribution in [3.8, 4) is 0 Å². The highest BCUT2D eigenvalue weighted by molar-refractivity contribution is 5.71. The second-order valence-corrected chi connectivity index (χ2v) is 4.48. The Kier molecular flexibility index (Phi) is 4.70. The minimum Gasteiger partial charge on any atom is -0.544 e. The Bertz CT molecular complexity index is 247. The normalized spacial score (nSPS) is 15.7. The fourth-order valence-corrected chi connectivity index (χ4v) is 1.51. The third-order valence-electron chi connectivity index (χ3n) is 2.17. The molecule has 88 valence electrons. The Hall–Kier alpha value is -1.14. The number of likely N-dealkylation sites (N-methyl/N-ethyl adjacent to an activating group) is 1. The minimum absolute atomic E-state index is 0.114. The molecule has 0 heterocycles. The number of quaternary nitrogens is 1. The fraction of sp³-hybridized carbons (Fsp3) is 0.778. The zero-order chi connectivity index (χ0) is 12.2. The molecule has 0 saturated carbocycles. The molecule has 0 rings (SSSR count). The standard InChI is InChI=1S/C9H18N2O4/c1-11(2,3)8(9(14)15)6(10)4-5-7(12)13/h6,8H,4-5,10H2,1-3H3,(H-,12,13,14,15). The second-order valence-electron chi connectivity index (χ2n) is 4.48. The predicted molar refractivity (Wildman–Crippen MR) is 51.7 cm³/mol. The first-order valence-electron chi connectivity index (χ1n) is 4.65. The molecule has 0 radical (unpaired) electrons. The summed E-state index contributed by atoms with van der Waals surface area (Å²) in [5.41, 5.74) is 5.65. The van der Waals surface area contributed by atoms with Crippen molar-refractivity contribution in [3.05, 3.63) is 0 Å². The Morgan fingerprint density at radius 2 is 1.87 bits per heavy atom. The Morgan fingerprint density at radius 3 is 2.13 bits per heavy atom. The molecule has 6 heteroatoms. The van der Waals surface area contributed by atoms with E-state index in [-0.39, 0.29) is 17.3 Å². The lowest BCUT2D eigenvalue weighted by molar-refractivity contribution is -0.890. The molecule has 0 aliphatic carbocycles. The van der Waals surface area contributed by atoms with Crippen molar-refractivity contribution in [2.24, 2.45) is 5.73 Å². The maximum Gasteiger partial charge on any atom is 0.303 e. The maximum atomic E-state index is 10.9. The first-order chi connectivity index (χ1) is 6.66. The van der Waals surface area contributed by atoms with E-state index in [9.17, 15) is 14.7 Å². The Morgan fingerprint density at radius 1 is 1.40 bits per heavy atom. The van der Waals surface area contributed by atoms with Crippen LogP contribution in [0.2, 0.25) is 0 Å². The van der Waals surface area contributed by atoms with Crippen LogP contribution in [0, 0.1) is 0 Å². The summed E-state index contributed by atoms with van der Waals surface area (Å²) in [5.74, 6) is -2.23. The number of rotatable bonds is 6. The number of carboxylic acid groups (broad SMARTS) is 2. The van der Waals surface area contributed by atoms with Gasteiger partial charge in [0.2, 0.25) is 0 Å². The average Bonchev–Trinajstić information content (AvgIpc) is 1.96. The van der Waals surface area contributed by atoms with Gasteiger partial charge in [-0.25, -0.2) is 0 Å². The topological polar surface area (TPSA) is 103 Å². The van der Waals surface area contributed by atoms with Gasteiger partial charge in [-0.2, -0.15) is 0 Å². The van der Waals surface area contributed by atoms with E-state index in [0.29, 0.717) is 0 Å². The zero-order valence-corrected chi connectivity index (χ0v) is 9.27. The SMILES string of the molecule is C[N+](C)(C)C(C(=O)[O-])C(N)CCC(=O)O. The van der Waals surface area contributed by atoms with Crippen LogP contribution in [-0.4, -0.2) is 54.8 Å². The first kappa shape index (κ1) is 13.9. The molecule has 3 N–H and O–H groups in total. The molecule has 2 unspecified atom stereocenters. The van der Waals surface area contributed by atoms with Crippen LogP contribution in [0.1, 0.15) is 12.8 Å². The van der Waals surface area contributed by atoms with Crippen LogP contribution in [0.4, 0.5) is 0 Å². The van der Waals surface area contributed by atoms with E-state index >= 15 is 0 Å². The van der Waals surface area contributed by atoms with Gasteiger partial charge in [-0.3, -0.25) is 4.79 Å². The van der Waals surface area contributed by atoms with Crippen molar-refractivity contribution in [1.29, 1.82) is 0 Å². The van der Waals surface area contributed by atoms with Gasteiger partial charge in [-0.05, 0) is 6.42 Å². The fourth-order valence-electron chi connectivity index (χ4n) is 1.51. The number of nitrogens with two attached hydrogens (primary N) is 1. The third kappa shape index (κ3) is 4.75. The molecule has 0 aliphatic rings. The van der Waals surface area contributed by atoms with Crippen LogP contribution < -0.4 is 10.8 Å². The molecule has 0 aromatic heterocycles. The number of carboxylic acids is 2. The van der Waals surface area contributed by atoms with Gasteiger partial charge in [0, 0.05) is 6.42 Å². The molecular weight excluding hydrogens is 200 g/mol. The van der Waals surface area contributed by atoms with Gasteiger partial charge < -0.3 is 25.2 Å². The number of carbonyl (C=O) groups excluding carboxylic acids is 1. The number of aliphatic carboxylic acids is 2. The monoisotopic (exact) mass is 218 g/mol. The summed E-state index contributed by atoms with van der Waals surface area (Å²) < 4.78 is 0.114. The molecule has 0 spiro atoms. The smallest absolute Gasteiger partial charge is 0.303 e. The van der Waals surface area contributed by atoms with E-state index < -0.39 is 24.0 Å². The van der Waals surface area contributed by atoms with Crippen LogP contribution in [0.3, 0.4) is 0 Å². The van der Waals surface area contributed by atoms with Crippen LogP contribution in [-0.2, 0) is 9.59 Å². The summed E-state index contributed by atoms with van der Waals surface area (Å²) in [6.07, 6.45) is -0.00551. The van der Waals surface area contributed by atoms with Crippen LogP contribution in [0.15, 0.2) is 0 Å². The molecule has 2 atom stereocenters. The summed E-state index contributed by atoms with van der Waals surface area (Å²) in [5, 5.41) is 19.3. The largest absolute Gasteiger partial charge is 0.544 e. The molecule has 0 saturated heterocycles. The van der Waals surface area contributed by atoms with Crippen molar-refractivity contribution in [2.75, 3.05) is 21.1 Å². The summed E-state index contributed by atoms with van der Waals surface area (Å²) >= 11 is 0. The van der Waals surface area contributed by atoms with E-state index in [4.69, 9.17) is 10.8 Å². The van der Waals surface area contributed by atoms with Gasteiger partial charge in [0.05, 0.1) is 27.2 Å². The first-order valence-corrected chi connectivity index (χ1v) is 4.65. The number of nitrogens with zero attached hydrogens (tertiary/aromatic N) is 1. The van der Waals surface area contributed by atoms with Gasteiger partial charge in [-0.1, -0.05) is 0 Å². The number of hydrogen-bond acceptors (Lipinski definition) is 4. The van der Waals surface area contributed by atoms with E-state index in [1.165, 1.54) is 0 Å². The van der Waals surface area contributed by atoms with Crippen molar-refractivity contribution < 1.29 is 24.3 Å². The van der Waals surface area contributed by atoms with Crippen molar-refractivity contribution >= 4 is 11.9 Å². The summed E-state index contributed by atoms with van der Waals surface area (Å²) in [6, 6.07) is -1.62. The van der Waals surface area contributed by atoms with E-state index in [1.807, 2.05) is 0 Å². The van der Waals surface area contributed by atoms with Crippen LogP contribution in [0.5, 0.6) is 0 Å². The highest BCUT2D eigenvalue weighted by atomic mass is 16.4. The van der Waals surface area contributed by atoms with Crippen molar-refractivity contribution in [2.45, 2.75) is 24.9 Å². The number of carbonyl (C=O) groups is 2. The highest BCUT2D eigenvalue weighted by Gasteiger charge is 2.31. The van der Waals surface area contributed by atoms with E-state index in [0.717, 1.165) is 0 Å². The van der Waals surface area contributed by atoms with E-state index in [2.05, 4.69) is 0 Å². The molecule has 15 heavy (non-hydrogen) atoms. The summed E-state index contributed by atoms with van der Waals surface area (Å²) in [7, 11) is 5.04. The molecule has 0 bridgehead atoms. The van der Waals surface area contributed by atoms with Crippen LogP contribution >= 0.6 is 0 Å². The molecule has 0 aliphatic heterocycles. The zero-order valence-electron chi connectivity index (χ0n) is 9.27. The second kappa shape index (κ2) is 5.09. The number of hydrogen-bond donors (Lipinski definition) is 2. The Balaban J connectivity index is 4.51. The molecule has 0 aromatic carbocycles. The molecule has 0 fully saturated rings. The Labute approximate surface area is 88.9 Å². The molecule has 6 nitrogen and oxygen atoms in total. The summed E-state index contributed by atoms with van der Waals surface area (Å²) in [4.78, 5) is 21.2. The van der Waals surface area contributed by atoms with Crippen molar-refractivity contribution in [1.82, 2.24) is 0 Å². The average molecular weight is 218 g/mol. The third-order valence-corrected chi connectivity index (χ3v) is 2.17. The van der Waals surface area contributed by atoms with E-state index in [1.54, 1.807) is 21.1 Å². The lowest BCUT2D eigenvalue weighted by Crippen LogP contribution is -2.62. The van der Waals surface area contributed by atoms with Gasteiger partial charge >= 0.3 is 5.97 Å². The highest BCUT2D eigenvalue weighted by Crippen LogP contribution is 2.10. The summed E-state index contributed by atoms with van der Waals surface area (Å²) in [6.45, 7) is 0. The molecule has 0 amide bonds. The predicted octanol–water partition coefficient (Wildman–Crippen LogP) is -2.00. The molecule has 0 aromatic rings. The lowest BCUT2D eigenvalue weighted by Gasteiger charge is -2.38. The van der Waals surface area contributed by atoms with Crippen molar-refractivity contribution in [3.63, 3.8) is 0 Å². The maximum absolute atomic E-state index is 10.9. The lowest BCUT2D eigenvalue weighted by atomic mass is 10.0. The van der Waals surface area contributed by atoms with Gasteiger partial charge in [0.15, 0.2) is 0 Å². The molecular formula is C9H18N2O4. The van der Waals surface area contributed by atoms with Gasteiger partial charge in [0.1, 0.15) is 12.0 Å². The quantitative estimate of drug-likeness (QED) is 0.502. The van der Waals surface area contributed by atoms with Gasteiger partial charge in [-0.15, -0.1) is 0 Å².